The Balaban J connectivity index is 0.000000244. The minimum atomic E-state index is 0.142. The lowest BCUT2D eigenvalue weighted by atomic mass is 9.78. The molecule has 1 aliphatic heterocycles. The zero-order valence-electron chi connectivity index (χ0n) is 18.3. The van der Waals surface area contributed by atoms with Crippen LogP contribution >= 0.6 is 0 Å². The largest absolute Gasteiger partial charge is 0.493 e. The Hall–Kier alpha value is -1.96. The van der Waals surface area contributed by atoms with Crippen molar-refractivity contribution in [1.82, 2.24) is 0 Å². The van der Waals surface area contributed by atoms with Gasteiger partial charge in [-0.15, -0.1) is 0 Å². The highest BCUT2D eigenvalue weighted by molar-refractivity contribution is 5.50. The molecule has 0 aromatic heterocycles. The van der Waals surface area contributed by atoms with Gasteiger partial charge in [-0.1, -0.05) is 78.8 Å². The lowest BCUT2D eigenvalue weighted by molar-refractivity contribution is 0.279. The molecule has 0 atom stereocenters. The van der Waals surface area contributed by atoms with Crippen LogP contribution in [0.25, 0.3) is 0 Å². The van der Waals surface area contributed by atoms with E-state index in [0.29, 0.717) is 0 Å². The monoisotopic (exact) mass is 367 g/mol. The quantitative estimate of drug-likeness (QED) is 0.589. The van der Waals surface area contributed by atoms with Gasteiger partial charge >= 0.3 is 0 Å². The van der Waals surface area contributed by atoms with E-state index >= 15 is 0 Å². The number of aryl methyl sites for hydroxylation is 2. The fourth-order valence-electron chi connectivity index (χ4n) is 3.33. The molecule has 27 heavy (non-hydrogen) atoms. The van der Waals surface area contributed by atoms with Crippen LogP contribution in [0.4, 0.5) is 5.69 Å². The summed E-state index contributed by atoms with van der Waals surface area (Å²) in [5.74, 6) is 1.15. The number of benzene rings is 2. The lowest BCUT2D eigenvalue weighted by Crippen LogP contribution is -2.21. The summed E-state index contributed by atoms with van der Waals surface area (Å²) in [7, 11) is 0. The van der Waals surface area contributed by atoms with E-state index in [4.69, 9.17) is 10.5 Å². The standard InChI is InChI=1S/C17H26O.C8H11N/c1-16(2,3)13-10-12-8-7-9-18-15(12)14(11-13)17(4,5)6;1-2-7-5-3-4-6-8(7)9/h10-11H,7-9H2,1-6H3;3-6H,2,9H2,1H3. The number of hydrogen-bond donors (Lipinski definition) is 1. The second kappa shape index (κ2) is 8.37. The Labute approximate surface area is 166 Å². The topological polar surface area (TPSA) is 35.2 Å². The number of nitrogen functional groups attached to an aromatic ring is 1. The zero-order valence-corrected chi connectivity index (χ0v) is 18.3. The van der Waals surface area contributed by atoms with Crippen LogP contribution in [-0.4, -0.2) is 6.61 Å². The highest BCUT2D eigenvalue weighted by Crippen LogP contribution is 2.40. The van der Waals surface area contributed by atoms with Gasteiger partial charge in [-0.3, -0.25) is 0 Å². The molecule has 2 heteroatoms. The first kappa shape index (κ1) is 21.3. The SMILES string of the molecule is CC(C)(C)c1cc2c(c(C(C)(C)C)c1)OCCC2.CCc1ccccc1N. The van der Waals surface area contributed by atoms with E-state index in [1.54, 1.807) is 0 Å². The molecule has 0 saturated heterocycles. The molecule has 0 radical (unpaired) electrons. The Morgan fingerprint density at radius 3 is 2.15 bits per heavy atom. The van der Waals surface area contributed by atoms with E-state index in [2.05, 4.69) is 66.7 Å². The third-order valence-corrected chi connectivity index (χ3v) is 5.11. The molecule has 1 aliphatic rings. The molecular weight excluding hydrogens is 330 g/mol. The molecule has 0 aliphatic carbocycles. The first-order valence-electron chi connectivity index (χ1n) is 10.2. The molecule has 3 rings (SSSR count). The minimum absolute atomic E-state index is 0.142. The molecule has 2 nitrogen and oxygen atoms in total. The summed E-state index contributed by atoms with van der Waals surface area (Å²) in [6.07, 6.45) is 3.32. The Morgan fingerprint density at radius 2 is 1.63 bits per heavy atom. The smallest absolute Gasteiger partial charge is 0.126 e. The number of anilines is 1. The Kier molecular flexibility index (Phi) is 6.62. The van der Waals surface area contributed by atoms with Gasteiger partial charge in [-0.05, 0) is 52.8 Å². The maximum Gasteiger partial charge on any atom is 0.126 e. The van der Waals surface area contributed by atoms with Crippen molar-refractivity contribution in [3.63, 3.8) is 0 Å². The van der Waals surface area contributed by atoms with Crippen molar-refractivity contribution in [3.05, 3.63) is 58.7 Å². The molecule has 2 N–H and O–H groups in total. The van der Waals surface area contributed by atoms with Crippen molar-refractivity contribution in [1.29, 1.82) is 0 Å². The third-order valence-electron chi connectivity index (χ3n) is 5.11. The van der Waals surface area contributed by atoms with Crippen molar-refractivity contribution in [2.75, 3.05) is 12.3 Å². The van der Waals surface area contributed by atoms with Crippen molar-refractivity contribution in [2.24, 2.45) is 0 Å². The van der Waals surface area contributed by atoms with Crippen LogP contribution in [0.2, 0.25) is 0 Å². The third kappa shape index (κ3) is 5.51. The van der Waals surface area contributed by atoms with Crippen molar-refractivity contribution in [3.8, 4) is 5.75 Å². The van der Waals surface area contributed by atoms with Crippen LogP contribution in [0.5, 0.6) is 5.75 Å². The highest BCUT2D eigenvalue weighted by Gasteiger charge is 2.27. The van der Waals surface area contributed by atoms with Gasteiger partial charge in [0.25, 0.3) is 0 Å². The molecule has 148 valence electrons. The summed E-state index contributed by atoms with van der Waals surface area (Å²) in [5, 5.41) is 0. The maximum atomic E-state index is 5.95. The minimum Gasteiger partial charge on any atom is -0.493 e. The van der Waals surface area contributed by atoms with Gasteiger partial charge < -0.3 is 10.5 Å². The number of para-hydroxylation sites is 1. The van der Waals surface area contributed by atoms with Crippen LogP contribution in [0.3, 0.4) is 0 Å². The number of fused-ring (bicyclic) bond motifs is 1. The molecule has 0 unspecified atom stereocenters. The summed E-state index contributed by atoms with van der Waals surface area (Å²) in [4.78, 5) is 0. The normalized spacial score (nSPS) is 13.9. The average molecular weight is 368 g/mol. The number of hydrogen-bond acceptors (Lipinski definition) is 2. The Morgan fingerprint density at radius 1 is 0.963 bits per heavy atom. The summed E-state index contributed by atoms with van der Waals surface area (Å²) < 4.78 is 5.95. The summed E-state index contributed by atoms with van der Waals surface area (Å²) in [5.41, 5.74) is 12.3. The van der Waals surface area contributed by atoms with Gasteiger partial charge in [-0.2, -0.15) is 0 Å². The summed E-state index contributed by atoms with van der Waals surface area (Å²) in [6, 6.07) is 12.6. The van der Waals surface area contributed by atoms with Crippen LogP contribution in [-0.2, 0) is 23.7 Å². The van der Waals surface area contributed by atoms with Crippen molar-refractivity contribution >= 4 is 5.69 Å². The average Bonchev–Trinajstić information content (AvgIpc) is 2.60. The molecule has 2 aromatic rings. The van der Waals surface area contributed by atoms with Gasteiger partial charge in [-0.25, -0.2) is 0 Å². The van der Waals surface area contributed by atoms with E-state index in [-0.39, 0.29) is 10.8 Å². The second-order valence-corrected chi connectivity index (χ2v) is 9.52. The number of ether oxygens (including phenoxy) is 1. The summed E-state index contributed by atoms with van der Waals surface area (Å²) in [6.45, 7) is 16.6. The molecule has 0 amide bonds. The van der Waals surface area contributed by atoms with Crippen LogP contribution in [0, 0.1) is 0 Å². The zero-order chi connectivity index (χ0) is 20.2. The van der Waals surface area contributed by atoms with Crippen LogP contribution in [0.15, 0.2) is 36.4 Å². The van der Waals surface area contributed by atoms with E-state index in [1.807, 2.05) is 18.2 Å². The van der Waals surface area contributed by atoms with Gasteiger partial charge in [0.05, 0.1) is 6.61 Å². The first-order valence-corrected chi connectivity index (χ1v) is 10.2. The molecule has 0 saturated carbocycles. The molecule has 0 spiro atoms. The van der Waals surface area contributed by atoms with Crippen LogP contribution in [0.1, 0.15) is 77.1 Å². The molecule has 2 aromatic carbocycles. The Bertz CT molecular complexity index is 763. The first-order chi connectivity index (χ1) is 12.5. The van der Waals surface area contributed by atoms with Crippen molar-refractivity contribution < 1.29 is 4.74 Å². The van der Waals surface area contributed by atoms with E-state index in [1.165, 1.54) is 22.3 Å². The van der Waals surface area contributed by atoms with Gasteiger partial charge in [0.15, 0.2) is 0 Å². The molecular formula is C25H37NO. The highest BCUT2D eigenvalue weighted by atomic mass is 16.5. The fourth-order valence-corrected chi connectivity index (χ4v) is 3.33. The molecule has 0 fully saturated rings. The molecule has 0 bridgehead atoms. The molecule has 1 heterocycles. The van der Waals surface area contributed by atoms with E-state index in [0.717, 1.165) is 37.3 Å². The van der Waals surface area contributed by atoms with Gasteiger partial charge in [0, 0.05) is 11.3 Å². The summed E-state index contributed by atoms with van der Waals surface area (Å²) >= 11 is 0. The second-order valence-electron chi connectivity index (χ2n) is 9.52. The predicted octanol–water partition coefficient (Wildman–Crippen LogP) is 6.44. The maximum absolute atomic E-state index is 5.95. The van der Waals surface area contributed by atoms with Crippen molar-refractivity contribution in [2.45, 2.75) is 78.6 Å². The lowest BCUT2D eigenvalue weighted by Gasteiger charge is -2.31. The van der Waals surface area contributed by atoms with Gasteiger partial charge in [0.2, 0.25) is 0 Å². The van der Waals surface area contributed by atoms with Crippen LogP contribution < -0.4 is 10.5 Å². The van der Waals surface area contributed by atoms with E-state index in [9.17, 15) is 0 Å². The predicted molar refractivity (Wildman–Crippen MR) is 118 cm³/mol. The van der Waals surface area contributed by atoms with E-state index < -0.39 is 0 Å². The fraction of sp³-hybridized carbons (Fsp3) is 0.520. The number of rotatable bonds is 1. The number of nitrogens with two attached hydrogens (primary N) is 1. The van der Waals surface area contributed by atoms with Gasteiger partial charge in [0.1, 0.15) is 5.75 Å².